The molecule has 0 unspecified atom stereocenters. The van der Waals surface area contributed by atoms with Gasteiger partial charge in [-0.2, -0.15) is 18.3 Å². The van der Waals surface area contributed by atoms with Gasteiger partial charge in [-0.05, 0) is 47.3 Å². The molecule has 0 saturated heterocycles. The highest BCUT2D eigenvalue weighted by Crippen LogP contribution is 2.34. The van der Waals surface area contributed by atoms with Crippen molar-refractivity contribution >= 4 is 17.2 Å². The molecule has 0 aliphatic carbocycles. The predicted octanol–water partition coefficient (Wildman–Crippen LogP) is 5.55. The van der Waals surface area contributed by atoms with Crippen molar-refractivity contribution in [2.45, 2.75) is 12.7 Å². The van der Waals surface area contributed by atoms with E-state index in [0.717, 1.165) is 11.6 Å². The van der Waals surface area contributed by atoms with Crippen LogP contribution in [0.2, 0.25) is 0 Å². The topological polar surface area (TPSA) is 46.9 Å². The van der Waals surface area contributed by atoms with E-state index in [0.29, 0.717) is 28.4 Å². The molecule has 0 fully saturated rings. The van der Waals surface area contributed by atoms with Gasteiger partial charge in [-0.3, -0.25) is 4.79 Å². The second-order valence-electron chi connectivity index (χ2n) is 6.52. The van der Waals surface area contributed by atoms with Crippen LogP contribution in [0.3, 0.4) is 0 Å². The van der Waals surface area contributed by atoms with E-state index in [9.17, 15) is 18.0 Å². The van der Waals surface area contributed by atoms with Crippen LogP contribution in [-0.4, -0.2) is 15.7 Å². The standard InChI is InChI=1S/C22H16F3N3OS/c23-22(24,25)20-13-18(19-7-4-12-30-19)28(27-20)17-10-8-16(9-11-17)21(29)26-14-15-5-2-1-3-6-15/h1-13H,14H2,(H,26,29). The summed E-state index contributed by atoms with van der Waals surface area (Å²) in [6.07, 6.45) is -4.55. The average Bonchev–Trinajstić information content (AvgIpc) is 3.42. The lowest BCUT2D eigenvalue weighted by Crippen LogP contribution is -2.22. The van der Waals surface area contributed by atoms with Crippen molar-refractivity contribution in [2.75, 3.05) is 0 Å². The number of nitrogens with one attached hydrogen (secondary N) is 1. The van der Waals surface area contributed by atoms with Crippen molar-refractivity contribution in [3.05, 3.63) is 95.0 Å². The minimum atomic E-state index is -4.55. The van der Waals surface area contributed by atoms with Gasteiger partial charge in [-0.25, -0.2) is 4.68 Å². The summed E-state index contributed by atoms with van der Waals surface area (Å²) in [5.74, 6) is -0.264. The summed E-state index contributed by atoms with van der Waals surface area (Å²) in [6.45, 7) is 0.387. The Labute approximate surface area is 174 Å². The van der Waals surface area contributed by atoms with Crippen molar-refractivity contribution in [3.8, 4) is 16.3 Å². The molecule has 30 heavy (non-hydrogen) atoms. The number of hydrogen-bond donors (Lipinski definition) is 1. The number of carbonyl (C=O) groups is 1. The van der Waals surface area contributed by atoms with E-state index >= 15 is 0 Å². The summed E-state index contributed by atoms with van der Waals surface area (Å²) < 4.78 is 40.9. The quantitative estimate of drug-likeness (QED) is 0.454. The lowest BCUT2D eigenvalue weighted by Gasteiger charge is -2.09. The maximum atomic E-state index is 13.2. The Bertz CT molecular complexity index is 1130. The van der Waals surface area contributed by atoms with Gasteiger partial charge in [0, 0.05) is 12.1 Å². The molecule has 0 radical (unpaired) electrons. The van der Waals surface area contributed by atoms with E-state index in [-0.39, 0.29) is 5.91 Å². The molecule has 4 rings (SSSR count). The van der Waals surface area contributed by atoms with E-state index in [1.807, 2.05) is 30.3 Å². The maximum absolute atomic E-state index is 13.2. The van der Waals surface area contributed by atoms with Gasteiger partial charge in [-0.15, -0.1) is 11.3 Å². The number of rotatable bonds is 5. The fraction of sp³-hybridized carbons (Fsp3) is 0.0909. The van der Waals surface area contributed by atoms with Crippen molar-refractivity contribution in [1.29, 1.82) is 0 Å². The van der Waals surface area contributed by atoms with Crippen LogP contribution in [-0.2, 0) is 12.7 Å². The van der Waals surface area contributed by atoms with Crippen LogP contribution in [0.25, 0.3) is 16.3 Å². The van der Waals surface area contributed by atoms with Crippen LogP contribution >= 0.6 is 11.3 Å². The van der Waals surface area contributed by atoms with Crippen LogP contribution in [0, 0.1) is 0 Å². The van der Waals surface area contributed by atoms with Crippen molar-refractivity contribution < 1.29 is 18.0 Å². The largest absolute Gasteiger partial charge is 0.435 e. The molecule has 0 aliphatic heterocycles. The average molecular weight is 427 g/mol. The monoisotopic (exact) mass is 427 g/mol. The summed E-state index contributed by atoms with van der Waals surface area (Å²) in [4.78, 5) is 13.0. The summed E-state index contributed by atoms with van der Waals surface area (Å²) in [6, 6.07) is 20.3. The third-order valence-electron chi connectivity index (χ3n) is 4.44. The Hall–Kier alpha value is -3.39. The van der Waals surface area contributed by atoms with Crippen molar-refractivity contribution in [1.82, 2.24) is 15.1 Å². The molecule has 1 N–H and O–H groups in total. The van der Waals surface area contributed by atoms with Crippen LogP contribution in [0.5, 0.6) is 0 Å². The highest BCUT2D eigenvalue weighted by atomic mass is 32.1. The van der Waals surface area contributed by atoms with Crippen molar-refractivity contribution in [3.63, 3.8) is 0 Å². The Kier molecular flexibility index (Phi) is 5.41. The summed E-state index contributed by atoms with van der Waals surface area (Å²) in [5.41, 5.74) is 1.21. The minimum absolute atomic E-state index is 0.264. The lowest BCUT2D eigenvalue weighted by atomic mass is 10.1. The number of carbonyl (C=O) groups excluding carboxylic acids is 1. The normalized spacial score (nSPS) is 11.4. The zero-order valence-electron chi connectivity index (χ0n) is 15.6. The van der Waals surface area contributed by atoms with Gasteiger partial charge in [0.2, 0.25) is 0 Å². The van der Waals surface area contributed by atoms with Gasteiger partial charge in [0.05, 0.1) is 16.3 Å². The molecule has 152 valence electrons. The third kappa shape index (κ3) is 4.28. The zero-order valence-corrected chi connectivity index (χ0v) is 16.4. The molecule has 2 heterocycles. The maximum Gasteiger partial charge on any atom is 0.435 e. The first-order valence-electron chi connectivity index (χ1n) is 9.05. The number of amides is 1. The number of halogens is 3. The second-order valence-corrected chi connectivity index (χ2v) is 7.46. The predicted molar refractivity (Wildman–Crippen MR) is 109 cm³/mol. The van der Waals surface area contributed by atoms with Gasteiger partial charge < -0.3 is 5.32 Å². The molecule has 0 atom stereocenters. The third-order valence-corrected chi connectivity index (χ3v) is 5.34. The SMILES string of the molecule is O=C(NCc1ccccc1)c1ccc(-n2nc(C(F)(F)F)cc2-c2cccs2)cc1. The first-order chi connectivity index (χ1) is 14.4. The van der Waals surface area contributed by atoms with E-state index in [1.54, 1.807) is 41.8 Å². The van der Waals surface area contributed by atoms with E-state index in [2.05, 4.69) is 10.4 Å². The Morgan fingerprint density at radius 1 is 1.00 bits per heavy atom. The fourth-order valence-corrected chi connectivity index (χ4v) is 3.68. The molecule has 8 heteroatoms. The Balaban J connectivity index is 1.58. The summed E-state index contributed by atoms with van der Waals surface area (Å²) >= 11 is 1.33. The fourth-order valence-electron chi connectivity index (χ4n) is 2.95. The van der Waals surface area contributed by atoms with Crippen molar-refractivity contribution in [2.24, 2.45) is 0 Å². The van der Waals surface area contributed by atoms with Gasteiger partial charge in [0.1, 0.15) is 0 Å². The second kappa shape index (κ2) is 8.16. The Morgan fingerprint density at radius 2 is 1.73 bits per heavy atom. The minimum Gasteiger partial charge on any atom is -0.348 e. The molecule has 4 aromatic rings. The zero-order chi connectivity index (χ0) is 21.1. The molecule has 1 amide bonds. The molecule has 2 aromatic heterocycles. The van der Waals surface area contributed by atoms with Crippen LogP contribution < -0.4 is 5.32 Å². The van der Waals surface area contributed by atoms with Gasteiger partial charge in [-0.1, -0.05) is 36.4 Å². The summed E-state index contributed by atoms with van der Waals surface area (Å²) in [7, 11) is 0. The number of benzene rings is 2. The van der Waals surface area contributed by atoms with Gasteiger partial charge in [0.15, 0.2) is 5.69 Å². The van der Waals surface area contributed by atoms with Gasteiger partial charge in [0.25, 0.3) is 5.91 Å². The summed E-state index contributed by atoms with van der Waals surface area (Å²) in [5, 5.41) is 8.37. The molecule has 0 saturated carbocycles. The van der Waals surface area contributed by atoms with E-state index in [4.69, 9.17) is 0 Å². The van der Waals surface area contributed by atoms with Crippen LogP contribution in [0.4, 0.5) is 13.2 Å². The number of alkyl halides is 3. The molecule has 0 aliphatic rings. The van der Waals surface area contributed by atoms with E-state index in [1.165, 1.54) is 16.0 Å². The smallest absolute Gasteiger partial charge is 0.348 e. The van der Waals surface area contributed by atoms with E-state index < -0.39 is 11.9 Å². The molecule has 0 bridgehead atoms. The molecular weight excluding hydrogens is 411 g/mol. The molecular formula is C22H16F3N3OS. The van der Waals surface area contributed by atoms with Gasteiger partial charge >= 0.3 is 6.18 Å². The highest BCUT2D eigenvalue weighted by molar-refractivity contribution is 7.13. The first-order valence-corrected chi connectivity index (χ1v) is 9.93. The molecule has 4 nitrogen and oxygen atoms in total. The highest BCUT2D eigenvalue weighted by Gasteiger charge is 2.35. The van der Waals surface area contributed by atoms with Crippen LogP contribution in [0.1, 0.15) is 21.6 Å². The number of nitrogens with zero attached hydrogens (tertiary/aromatic N) is 2. The first kappa shape index (κ1) is 19.9. The number of aromatic nitrogens is 2. The molecule has 0 spiro atoms. The Morgan fingerprint density at radius 3 is 2.37 bits per heavy atom. The number of hydrogen-bond acceptors (Lipinski definition) is 3. The molecule has 2 aromatic carbocycles. The van der Waals surface area contributed by atoms with Crippen LogP contribution in [0.15, 0.2) is 78.2 Å². The lowest BCUT2D eigenvalue weighted by molar-refractivity contribution is -0.141. The number of thiophene rings is 1.